The highest BCUT2D eigenvalue weighted by Crippen LogP contribution is 2.12. The number of nitrogens with two attached hydrogens (primary N) is 1. The lowest BCUT2D eigenvalue weighted by molar-refractivity contribution is -0.118. The summed E-state index contributed by atoms with van der Waals surface area (Å²) in [6.45, 7) is 3.02. The number of unbranched alkanes of at least 4 members (excludes halogenated alkanes) is 1. The number of rotatable bonds is 10. The quantitative estimate of drug-likeness (QED) is 0.554. The minimum Gasteiger partial charge on any atom is -0.370 e. The Bertz CT molecular complexity index is 560. The number of amides is 1. The van der Waals surface area contributed by atoms with Gasteiger partial charge in [-0.05, 0) is 25.3 Å². The highest BCUT2D eigenvalue weighted by Gasteiger charge is 2.14. The molecule has 0 saturated heterocycles. The fourth-order valence-electron chi connectivity index (χ4n) is 1.64. The van der Waals surface area contributed by atoms with E-state index in [0.717, 1.165) is 13.0 Å². The molecule has 1 heterocycles. The molecule has 0 aliphatic carbocycles. The molecule has 1 aromatic heterocycles. The van der Waals surface area contributed by atoms with E-state index in [1.165, 1.54) is 18.3 Å². The Morgan fingerprint density at radius 3 is 2.76 bits per heavy atom. The van der Waals surface area contributed by atoms with Crippen LogP contribution in [0.4, 0.5) is 5.82 Å². The molecule has 118 valence electrons. The normalized spacial score (nSPS) is 11.3. The first kappa shape index (κ1) is 17.4. The zero-order valence-electron chi connectivity index (χ0n) is 12.1. The number of nitrogens with one attached hydrogen (secondary N) is 2. The summed E-state index contributed by atoms with van der Waals surface area (Å²) in [6.07, 6.45) is 3.78. The number of sulfonamides is 1. The maximum absolute atomic E-state index is 12.1. The van der Waals surface area contributed by atoms with Gasteiger partial charge >= 0.3 is 0 Å². The van der Waals surface area contributed by atoms with Crippen molar-refractivity contribution in [3.63, 3.8) is 0 Å². The molecule has 0 spiro atoms. The minimum absolute atomic E-state index is 0.172. The van der Waals surface area contributed by atoms with Crippen molar-refractivity contribution in [1.82, 2.24) is 9.71 Å². The van der Waals surface area contributed by atoms with Crippen LogP contribution in [0.2, 0.25) is 0 Å². The van der Waals surface area contributed by atoms with Gasteiger partial charge in [0.2, 0.25) is 15.9 Å². The zero-order chi connectivity index (χ0) is 15.7. The van der Waals surface area contributed by atoms with E-state index in [9.17, 15) is 13.2 Å². The van der Waals surface area contributed by atoms with Crippen molar-refractivity contribution >= 4 is 21.7 Å². The molecule has 0 saturated carbocycles. The fraction of sp³-hybridized carbons (Fsp3) is 0.538. The Hall–Kier alpha value is -1.67. The molecule has 0 aliphatic rings. The first-order valence-electron chi connectivity index (χ1n) is 6.93. The number of pyridine rings is 1. The van der Waals surface area contributed by atoms with E-state index < -0.39 is 10.0 Å². The number of primary amides is 1. The highest BCUT2D eigenvalue weighted by atomic mass is 32.2. The maximum atomic E-state index is 12.1. The second-order valence-corrected chi connectivity index (χ2v) is 6.39. The van der Waals surface area contributed by atoms with Crippen LogP contribution in [-0.2, 0) is 14.8 Å². The molecule has 0 unspecified atom stereocenters. The van der Waals surface area contributed by atoms with Crippen molar-refractivity contribution in [2.45, 2.75) is 37.5 Å². The number of carbonyl (C=O) groups excluding carboxylic acids is 1. The summed E-state index contributed by atoms with van der Waals surface area (Å²) in [5.74, 6) is 0.159. The van der Waals surface area contributed by atoms with E-state index in [1.54, 1.807) is 0 Å². The van der Waals surface area contributed by atoms with Crippen LogP contribution in [0.3, 0.4) is 0 Å². The monoisotopic (exact) mass is 314 g/mol. The molecule has 0 atom stereocenters. The number of hydrogen-bond acceptors (Lipinski definition) is 5. The Morgan fingerprint density at radius 1 is 1.33 bits per heavy atom. The van der Waals surface area contributed by atoms with Crippen molar-refractivity contribution in [2.75, 3.05) is 18.4 Å². The Kier molecular flexibility index (Phi) is 7.10. The summed E-state index contributed by atoms with van der Waals surface area (Å²) in [7, 11) is -3.55. The van der Waals surface area contributed by atoms with Gasteiger partial charge in [0.25, 0.3) is 0 Å². The van der Waals surface area contributed by atoms with E-state index >= 15 is 0 Å². The third-order valence-electron chi connectivity index (χ3n) is 2.74. The van der Waals surface area contributed by atoms with Crippen LogP contribution in [0, 0.1) is 0 Å². The zero-order valence-corrected chi connectivity index (χ0v) is 12.9. The molecule has 1 amide bonds. The standard InChI is InChI=1S/C13H22N4O3S/c1-2-7-15-13-10-11(6-9-16-13)21(19,20)17-8-4-3-5-12(14)18/h6,9-10,17H,2-5,7-8H2,1H3,(H2,14,18)(H,15,16). The van der Waals surface area contributed by atoms with Crippen molar-refractivity contribution in [1.29, 1.82) is 0 Å². The molecular weight excluding hydrogens is 292 g/mol. The van der Waals surface area contributed by atoms with E-state index in [1.807, 2.05) is 6.92 Å². The second-order valence-electron chi connectivity index (χ2n) is 4.62. The number of anilines is 1. The van der Waals surface area contributed by atoms with Gasteiger partial charge in [-0.1, -0.05) is 6.92 Å². The highest BCUT2D eigenvalue weighted by molar-refractivity contribution is 7.89. The average molecular weight is 314 g/mol. The SMILES string of the molecule is CCCNc1cc(S(=O)(=O)NCCCCC(N)=O)ccn1. The third-order valence-corrected chi connectivity index (χ3v) is 4.20. The van der Waals surface area contributed by atoms with Crippen LogP contribution >= 0.6 is 0 Å². The Labute approximate surface area is 125 Å². The van der Waals surface area contributed by atoms with Gasteiger partial charge < -0.3 is 11.1 Å². The van der Waals surface area contributed by atoms with Gasteiger partial charge in [0.15, 0.2) is 0 Å². The molecule has 0 radical (unpaired) electrons. The molecule has 21 heavy (non-hydrogen) atoms. The summed E-state index contributed by atoms with van der Waals surface area (Å²) in [6, 6.07) is 2.95. The average Bonchev–Trinajstić information content (AvgIpc) is 2.44. The van der Waals surface area contributed by atoms with Crippen LogP contribution in [0.15, 0.2) is 23.2 Å². The summed E-state index contributed by atoms with van der Waals surface area (Å²) >= 11 is 0. The smallest absolute Gasteiger partial charge is 0.240 e. The van der Waals surface area contributed by atoms with Crippen LogP contribution in [-0.4, -0.2) is 32.4 Å². The van der Waals surface area contributed by atoms with Gasteiger partial charge in [0, 0.05) is 31.8 Å². The van der Waals surface area contributed by atoms with Gasteiger partial charge in [-0.25, -0.2) is 18.1 Å². The second kappa shape index (κ2) is 8.58. The van der Waals surface area contributed by atoms with Gasteiger partial charge in [-0.2, -0.15) is 0 Å². The lowest BCUT2D eigenvalue weighted by atomic mass is 10.2. The molecule has 1 rings (SSSR count). The summed E-state index contributed by atoms with van der Waals surface area (Å²) < 4.78 is 26.7. The van der Waals surface area contributed by atoms with Gasteiger partial charge in [-0.15, -0.1) is 0 Å². The van der Waals surface area contributed by atoms with Crippen LogP contribution < -0.4 is 15.8 Å². The third kappa shape index (κ3) is 6.54. The molecule has 0 aromatic carbocycles. The summed E-state index contributed by atoms with van der Waals surface area (Å²) in [5.41, 5.74) is 5.02. The van der Waals surface area contributed by atoms with Gasteiger partial charge in [0.05, 0.1) is 4.90 Å². The Balaban J connectivity index is 2.55. The lowest BCUT2D eigenvalue weighted by Crippen LogP contribution is -2.25. The molecule has 7 nitrogen and oxygen atoms in total. The molecule has 8 heteroatoms. The molecule has 0 fully saturated rings. The van der Waals surface area contributed by atoms with Crippen LogP contribution in [0.25, 0.3) is 0 Å². The number of carbonyl (C=O) groups is 1. The molecule has 0 aliphatic heterocycles. The number of aromatic nitrogens is 1. The van der Waals surface area contributed by atoms with Gasteiger partial charge in [0.1, 0.15) is 5.82 Å². The number of hydrogen-bond donors (Lipinski definition) is 3. The van der Waals surface area contributed by atoms with E-state index in [4.69, 9.17) is 5.73 Å². The minimum atomic E-state index is -3.55. The van der Waals surface area contributed by atoms with Gasteiger partial charge in [-0.3, -0.25) is 4.79 Å². The van der Waals surface area contributed by atoms with Crippen molar-refractivity contribution in [3.05, 3.63) is 18.3 Å². The largest absolute Gasteiger partial charge is 0.370 e. The predicted octanol–water partition coefficient (Wildman–Crippen LogP) is 0.837. The summed E-state index contributed by atoms with van der Waals surface area (Å²) in [5, 5.41) is 3.04. The van der Waals surface area contributed by atoms with Crippen molar-refractivity contribution in [2.24, 2.45) is 5.73 Å². The van der Waals surface area contributed by atoms with E-state index in [-0.39, 0.29) is 23.8 Å². The molecule has 0 bridgehead atoms. The molecule has 1 aromatic rings. The van der Waals surface area contributed by atoms with E-state index in [2.05, 4.69) is 15.0 Å². The fourth-order valence-corrected chi connectivity index (χ4v) is 2.73. The molecule has 4 N–H and O–H groups in total. The van der Waals surface area contributed by atoms with E-state index in [0.29, 0.717) is 18.7 Å². The number of nitrogens with zero attached hydrogens (tertiary/aromatic N) is 1. The topological polar surface area (TPSA) is 114 Å². The first-order valence-corrected chi connectivity index (χ1v) is 8.42. The van der Waals surface area contributed by atoms with Crippen molar-refractivity contribution < 1.29 is 13.2 Å². The summed E-state index contributed by atoms with van der Waals surface area (Å²) in [4.78, 5) is 14.8. The maximum Gasteiger partial charge on any atom is 0.240 e. The Morgan fingerprint density at radius 2 is 2.10 bits per heavy atom. The van der Waals surface area contributed by atoms with Crippen LogP contribution in [0.1, 0.15) is 32.6 Å². The van der Waals surface area contributed by atoms with Crippen LogP contribution in [0.5, 0.6) is 0 Å². The predicted molar refractivity (Wildman–Crippen MR) is 81.3 cm³/mol. The van der Waals surface area contributed by atoms with Crippen molar-refractivity contribution in [3.8, 4) is 0 Å². The molecular formula is C13H22N4O3S. The lowest BCUT2D eigenvalue weighted by Gasteiger charge is -2.08. The first-order chi connectivity index (χ1) is 9.95.